The molecule has 0 saturated heterocycles. The third-order valence-electron chi connectivity index (χ3n) is 1.41. The van der Waals surface area contributed by atoms with Gasteiger partial charge < -0.3 is 0 Å². The summed E-state index contributed by atoms with van der Waals surface area (Å²) in [5.41, 5.74) is 0.489. The minimum Gasteiger partial charge on any atom is -0.224 e. The smallest absolute Gasteiger partial charge is 0.138 e. The quantitative estimate of drug-likeness (QED) is 0.657. The van der Waals surface area contributed by atoms with Gasteiger partial charge in [-0.3, -0.25) is 0 Å². The van der Waals surface area contributed by atoms with Gasteiger partial charge >= 0.3 is 0 Å². The monoisotopic (exact) mass is 201 g/mol. The van der Waals surface area contributed by atoms with Crippen LogP contribution in [0, 0.1) is 11.3 Å². The van der Waals surface area contributed by atoms with Crippen LogP contribution in [-0.4, -0.2) is 9.97 Å². The van der Waals surface area contributed by atoms with Gasteiger partial charge in [0, 0.05) is 5.56 Å². The van der Waals surface area contributed by atoms with Crippen LogP contribution in [0.1, 0.15) is 18.4 Å². The maximum atomic E-state index is 8.61. The first-order valence-corrected chi connectivity index (χ1v) is 3.98. The van der Waals surface area contributed by atoms with Gasteiger partial charge in [-0.15, -0.1) is 0 Å². The molecule has 0 aliphatic heterocycles. The lowest BCUT2D eigenvalue weighted by atomic mass is 10.1. The Morgan fingerprint density at radius 3 is 2.33 bits per heavy atom. The van der Waals surface area contributed by atoms with E-state index < -0.39 is 0 Å². The number of aromatic nitrogens is 2. The Kier molecular flexibility index (Phi) is 2.85. The van der Waals surface area contributed by atoms with E-state index in [9.17, 15) is 0 Å². The number of hydrogen-bond donors (Lipinski definition) is 0. The molecule has 1 heterocycles. The maximum absolute atomic E-state index is 8.61. The molecular weight excluding hydrogens is 197 g/mol. The summed E-state index contributed by atoms with van der Waals surface area (Å²) in [7, 11) is 0. The van der Waals surface area contributed by atoms with Crippen molar-refractivity contribution in [3.8, 4) is 6.07 Å². The van der Waals surface area contributed by atoms with Crippen LogP contribution in [-0.2, 0) is 0 Å². The molecule has 62 valence electrons. The van der Waals surface area contributed by atoms with Crippen LogP contribution in [0.3, 0.4) is 0 Å². The molecule has 1 unspecified atom stereocenters. The highest BCUT2D eigenvalue weighted by molar-refractivity contribution is 6.34. The predicted molar refractivity (Wildman–Crippen MR) is 46.1 cm³/mol. The molecule has 0 spiro atoms. The van der Waals surface area contributed by atoms with Gasteiger partial charge in [-0.25, -0.2) is 9.97 Å². The molecule has 0 aliphatic carbocycles. The second-order valence-corrected chi connectivity index (χ2v) is 2.94. The van der Waals surface area contributed by atoms with Gasteiger partial charge in [0.2, 0.25) is 0 Å². The standard InChI is InChI=1S/C7H5Cl2N3/c1-4(2-10)5-6(8)11-3-12-7(5)9/h3-4H,1H3. The summed E-state index contributed by atoms with van der Waals surface area (Å²) in [5, 5.41) is 9.09. The average molecular weight is 202 g/mol. The van der Waals surface area contributed by atoms with Crippen LogP contribution in [0.4, 0.5) is 0 Å². The second-order valence-electron chi connectivity index (χ2n) is 2.22. The van der Waals surface area contributed by atoms with Crippen LogP contribution in [0.2, 0.25) is 10.3 Å². The number of halogens is 2. The van der Waals surface area contributed by atoms with Crippen LogP contribution >= 0.6 is 23.2 Å². The number of nitrogens with zero attached hydrogens (tertiary/aromatic N) is 3. The van der Waals surface area contributed by atoms with E-state index in [-0.39, 0.29) is 16.2 Å². The van der Waals surface area contributed by atoms with E-state index in [2.05, 4.69) is 9.97 Å². The minimum absolute atomic E-state index is 0.240. The van der Waals surface area contributed by atoms with Crippen molar-refractivity contribution >= 4 is 23.2 Å². The Labute approximate surface area is 80.0 Å². The number of rotatable bonds is 1. The van der Waals surface area contributed by atoms with Gasteiger partial charge in [0.25, 0.3) is 0 Å². The molecule has 0 saturated carbocycles. The Bertz CT molecular complexity index is 312. The molecule has 1 atom stereocenters. The molecular formula is C7H5Cl2N3. The fourth-order valence-electron chi connectivity index (χ4n) is 0.776. The van der Waals surface area contributed by atoms with Crippen molar-refractivity contribution in [3.05, 3.63) is 22.2 Å². The summed E-state index contributed by atoms with van der Waals surface area (Å²) >= 11 is 11.4. The summed E-state index contributed by atoms with van der Waals surface area (Å²) < 4.78 is 0. The first-order chi connectivity index (χ1) is 5.66. The first kappa shape index (κ1) is 9.24. The summed E-state index contributed by atoms with van der Waals surface area (Å²) in [4.78, 5) is 7.46. The van der Waals surface area contributed by atoms with Crippen molar-refractivity contribution in [3.63, 3.8) is 0 Å². The van der Waals surface area contributed by atoms with E-state index in [1.165, 1.54) is 6.33 Å². The van der Waals surface area contributed by atoms with E-state index in [4.69, 9.17) is 28.5 Å². The lowest BCUT2D eigenvalue weighted by Gasteiger charge is -2.04. The molecule has 0 fully saturated rings. The highest BCUT2D eigenvalue weighted by Gasteiger charge is 2.14. The van der Waals surface area contributed by atoms with Gasteiger partial charge in [0.15, 0.2) is 0 Å². The van der Waals surface area contributed by atoms with Gasteiger partial charge in [0.05, 0.1) is 12.0 Å². The van der Waals surface area contributed by atoms with Gasteiger partial charge in [-0.2, -0.15) is 5.26 Å². The zero-order chi connectivity index (χ0) is 9.14. The molecule has 1 rings (SSSR count). The van der Waals surface area contributed by atoms with Gasteiger partial charge in [-0.05, 0) is 6.92 Å². The van der Waals surface area contributed by atoms with E-state index in [0.717, 1.165) is 0 Å². The van der Waals surface area contributed by atoms with E-state index in [1.54, 1.807) is 6.92 Å². The molecule has 0 aliphatic rings. The Hall–Kier alpha value is -0.850. The molecule has 3 nitrogen and oxygen atoms in total. The number of nitriles is 1. The fourth-order valence-corrected chi connectivity index (χ4v) is 1.42. The van der Waals surface area contributed by atoms with E-state index >= 15 is 0 Å². The minimum atomic E-state index is -0.383. The molecule has 1 aromatic heterocycles. The van der Waals surface area contributed by atoms with Crippen molar-refractivity contribution in [2.45, 2.75) is 12.8 Å². The van der Waals surface area contributed by atoms with Crippen LogP contribution in [0.25, 0.3) is 0 Å². The molecule has 0 N–H and O–H groups in total. The molecule has 0 aromatic carbocycles. The lowest BCUT2D eigenvalue weighted by molar-refractivity contribution is 0.944. The predicted octanol–water partition coefficient (Wildman–Crippen LogP) is 2.41. The summed E-state index contributed by atoms with van der Waals surface area (Å²) in [6.45, 7) is 1.69. The van der Waals surface area contributed by atoms with E-state index in [1.807, 2.05) is 6.07 Å². The highest BCUT2D eigenvalue weighted by atomic mass is 35.5. The van der Waals surface area contributed by atoms with Gasteiger partial charge in [-0.1, -0.05) is 23.2 Å². The normalized spacial score (nSPS) is 12.2. The summed E-state index contributed by atoms with van der Waals surface area (Å²) in [6.07, 6.45) is 1.26. The van der Waals surface area contributed by atoms with Gasteiger partial charge in [0.1, 0.15) is 16.6 Å². The molecule has 0 amide bonds. The molecule has 0 radical (unpaired) electrons. The largest absolute Gasteiger partial charge is 0.224 e. The molecule has 5 heteroatoms. The maximum Gasteiger partial charge on any atom is 0.138 e. The number of hydrogen-bond acceptors (Lipinski definition) is 3. The lowest BCUT2D eigenvalue weighted by Crippen LogP contribution is -1.96. The zero-order valence-electron chi connectivity index (χ0n) is 6.25. The topological polar surface area (TPSA) is 49.6 Å². The molecule has 0 bridgehead atoms. The van der Waals surface area contributed by atoms with Crippen molar-refractivity contribution in [2.75, 3.05) is 0 Å². The van der Waals surface area contributed by atoms with Crippen molar-refractivity contribution in [1.82, 2.24) is 9.97 Å². The molecule has 12 heavy (non-hydrogen) atoms. The van der Waals surface area contributed by atoms with Crippen LogP contribution in [0.15, 0.2) is 6.33 Å². The summed E-state index contributed by atoms with van der Waals surface area (Å²) in [6, 6.07) is 2.01. The SMILES string of the molecule is CC(C#N)c1c(Cl)ncnc1Cl. The van der Waals surface area contributed by atoms with Crippen molar-refractivity contribution in [1.29, 1.82) is 5.26 Å². The Morgan fingerprint density at radius 1 is 1.42 bits per heavy atom. The Morgan fingerprint density at radius 2 is 1.92 bits per heavy atom. The Balaban J connectivity index is 3.23. The van der Waals surface area contributed by atoms with Crippen molar-refractivity contribution < 1.29 is 0 Å². The van der Waals surface area contributed by atoms with Crippen LogP contribution < -0.4 is 0 Å². The first-order valence-electron chi connectivity index (χ1n) is 3.22. The summed E-state index contributed by atoms with van der Waals surface area (Å²) in [5.74, 6) is -0.383. The fraction of sp³-hybridized carbons (Fsp3) is 0.286. The zero-order valence-corrected chi connectivity index (χ0v) is 7.76. The van der Waals surface area contributed by atoms with Crippen molar-refractivity contribution in [2.24, 2.45) is 0 Å². The third kappa shape index (κ3) is 1.66. The highest BCUT2D eigenvalue weighted by Crippen LogP contribution is 2.27. The average Bonchev–Trinajstić information content (AvgIpc) is 2.03. The van der Waals surface area contributed by atoms with Crippen LogP contribution in [0.5, 0.6) is 0 Å². The molecule has 1 aromatic rings. The third-order valence-corrected chi connectivity index (χ3v) is 2.02. The second kappa shape index (κ2) is 3.70. The van der Waals surface area contributed by atoms with E-state index in [0.29, 0.717) is 5.56 Å².